The van der Waals surface area contributed by atoms with Crippen molar-refractivity contribution in [1.29, 1.82) is 0 Å². The fraction of sp³-hybridized carbons (Fsp3) is 1.00. The molecule has 0 aromatic rings. The van der Waals surface area contributed by atoms with Crippen molar-refractivity contribution in [1.82, 2.24) is 10.2 Å². The maximum Gasteiger partial charge on any atom is 0.0122 e. The minimum atomic E-state index is 0.673. The van der Waals surface area contributed by atoms with Gasteiger partial charge in [-0.25, -0.2) is 0 Å². The molecule has 2 heteroatoms. The number of hydrogen-bond acceptors (Lipinski definition) is 2. The third-order valence-electron chi connectivity index (χ3n) is 4.53. The first kappa shape index (κ1) is 16.0. The van der Waals surface area contributed by atoms with Crippen LogP contribution in [0.4, 0.5) is 0 Å². The lowest BCUT2D eigenvalue weighted by molar-refractivity contribution is 0.115. The Labute approximate surface area is 115 Å². The van der Waals surface area contributed by atoms with E-state index < -0.39 is 0 Å². The van der Waals surface area contributed by atoms with Crippen LogP contribution >= 0.6 is 0 Å². The molecule has 0 aromatic heterocycles. The van der Waals surface area contributed by atoms with Gasteiger partial charge in [0.15, 0.2) is 0 Å². The molecule has 4 atom stereocenters. The van der Waals surface area contributed by atoms with Gasteiger partial charge >= 0.3 is 0 Å². The molecule has 108 valence electrons. The molecule has 0 bridgehead atoms. The lowest BCUT2D eigenvalue weighted by atomic mass is 9.89. The van der Waals surface area contributed by atoms with Crippen molar-refractivity contribution in [3.05, 3.63) is 0 Å². The molecule has 1 aliphatic rings. The summed E-state index contributed by atoms with van der Waals surface area (Å²) < 4.78 is 0. The number of nitrogens with one attached hydrogen (secondary N) is 1. The Morgan fingerprint density at radius 3 is 2.44 bits per heavy atom. The molecule has 2 nitrogen and oxygen atoms in total. The molecular formula is C16H34N2. The van der Waals surface area contributed by atoms with Crippen LogP contribution in [-0.4, -0.2) is 36.6 Å². The zero-order valence-corrected chi connectivity index (χ0v) is 13.4. The molecule has 0 saturated carbocycles. The van der Waals surface area contributed by atoms with Crippen LogP contribution in [0, 0.1) is 11.8 Å². The third-order valence-corrected chi connectivity index (χ3v) is 4.53. The monoisotopic (exact) mass is 254 g/mol. The van der Waals surface area contributed by atoms with Crippen molar-refractivity contribution in [3.8, 4) is 0 Å². The van der Waals surface area contributed by atoms with Crippen LogP contribution in [0.15, 0.2) is 0 Å². The predicted octanol–water partition coefficient (Wildman–Crippen LogP) is 3.52. The second-order valence-electron chi connectivity index (χ2n) is 7.00. The van der Waals surface area contributed by atoms with Crippen LogP contribution in [-0.2, 0) is 0 Å². The van der Waals surface area contributed by atoms with Gasteiger partial charge in [0.25, 0.3) is 0 Å². The van der Waals surface area contributed by atoms with E-state index in [0.717, 1.165) is 17.9 Å². The van der Waals surface area contributed by atoms with Crippen LogP contribution in [0.2, 0.25) is 0 Å². The van der Waals surface area contributed by atoms with Crippen LogP contribution in [0.1, 0.15) is 60.3 Å². The predicted molar refractivity (Wildman–Crippen MR) is 80.9 cm³/mol. The first-order valence-corrected chi connectivity index (χ1v) is 7.86. The van der Waals surface area contributed by atoms with Crippen molar-refractivity contribution >= 4 is 0 Å². The van der Waals surface area contributed by atoms with E-state index in [-0.39, 0.29) is 0 Å². The van der Waals surface area contributed by atoms with Gasteiger partial charge in [0, 0.05) is 24.7 Å². The first-order chi connectivity index (χ1) is 8.40. The van der Waals surface area contributed by atoms with Gasteiger partial charge in [-0.2, -0.15) is 0 Å². The zero-order valence-electron chi connectivity index (χ0n) is 13.4. The van der Waals surface area contributed by atoms with Gasteiger partial charge in [-0.3, -0.25) is 0 Å². The molecule has 0 amide bonds. The maximum atomic E-state index is 3.87. The summed E-state index contributed by atoms with van der Waals surface area (Å²) in [5.41, 5.74) is 0. The van der Waals surface area contributed by atoms with Gasteiger partial charge in [-0.05, 0) is 45.6 Å². The first-order valence-electron chi connectivity index (χ1n) is 7.86. The van der Waals surface area contributed by atoms with Crippen molar-refractivity contribution in [3.63, 3.8) is 0 Å². The largest absolute Gasteiger partial charge is 0.311 e. The molecule has 1 saturated heterocycles. The number of rotatable bonds is 6. The van der Waals surface area contributed by atoms with E-state index in [2.05, 4.69) is 51.9 Å². The minimum absolute atomic E-state index is 0.673. The molecule has 18 heavy (non-hydrogen) atoms. The smallest absolute Gasteiger partial charge is 0.0122 e. The van der Waals surface area contributed by atoms with Crippen molar-refractivity contribution in [2.45, 2.75) is 78.4 Å². The lowest BCUT2D eigenvalue weighted by Gasteiger charge is -2.41. The Morgan fingerprint density at radius 2 is 1.83 bits per heavy atom. The molecule has 1 N–H and O–H groups in total. The summed E-state index contributed by atoms with van der Waals surface area (Å²) in [5, 5.41) is 3.87. The highest BCUT2D eigenvalue weighted by atomic mass is 15.2. The van der Waals surface area contributed by atoms with E-state index in [0.29, 0.717) is 12.1 Å². The normalized spacial score (nSPS) is 31.8. The lowest BCUT2D eigenvalue weighted by Crippen LogP contribution is -2.52. The van der Waals surface area contributed by atoms with E-state index >= 15 is 0 Å². The molecule has 4 unspecified atom stereocenters. The van der Waals surface area contributed by atoms with Gasteiger partial charge in [-0.15, -0.1) is 0 Å². The van der Waals surface area contributed by atoms with Crippen molar-refractivity contribution in [2.75, 3.05) is 13.6 Å². The topological polar surface area (TPSA) is 15.3 Å². The van der Waals surface area contributed by atoms with Gasteiger partial charge in [-0.1, -0.05) is 33.6 Å². The number of likely N-dealkylation sites (tertiary alicyclic amines) is 1. The van der Waals surface area contributed by atoms with Gasteiger partial charge < -0.3 is 10.2 Å². The molecule has 1 fully saturated rings. The fourth-order valence-corrected chi connectivity index (χ4v) is 3.05. The SMILES string of the molecule is CC(C)CCCC(C)NC1CC(C)N(C)CC1C. The Hall–Kier alpha value is -0.0800. The summed E-state index contributed by atoms with van der Waals surface area (Å²) in [4.78, 5) is 2.49. The third kappa shape index (κ3) is 5.27. The van der Waals surface area contributed by atoms with Gasteiger partial charge in [0.05, 0.1) is 0 Å². The molecule has 1 rings (SSSR count). The second kappa shape index (κ2) is 7.49. The van der Waals surface area contributed by atoms with Crippen molar-refractivity contribution in [2.24, 2.45) is 11.8 Å². The zero-order chi connectivity index (χ0) is 13.7. The van der Waals surface area contributed by atoms with Crippen LogP contribution < -0.4 is 5.32 Å². The summed E-state index contributed by atoms with van der Waals surface area (Å²) >= 11 is 0. The number of piperidine rings is 1. The van der Waals surface area contributed by atoms with E-state index in [4.69, 9.17) is 0 Å². The number of nitrogens with zero attached hydrogens (tertiary/aromatic N) is 1. The van der Waals surface area contributed by atoms with E-state index in [9.17, 15) is 0 Å². The van der Waals surface area contributed by atoms with E-state index in [1.165, 1.54) is 32.2 Å². The summed E-state index contributed by atoms with van der Waals surface area (Å²) in [6.45, 7) is 13.0. The average molecular weight is 254 g/mol. The fourth-order valence-electron chi connectivity index (χ4n) is 3.05. The van der Waals surface area contributed by atoms with Crippen LogP contribution in [0.5, 0.6) is 0 Å². The Morgan fingerprint density at radius 1 is 1.17 bits per heavy atom. The second-order valence-corrected chi connectivity index (χ2v) is 7.00. The summed E-state index contributed by atoms with van der Waals surface area (Å²) in [7, 11) is 2.25. The Balaban J connectivity index is 2.28. The summed E-state index contributed by atoms with van der Waals surface area (Å²) in [5.74, 6) is 1.62. The molecule has 1 heterocycles. The molecule has 1 aliphatic heterocycles. The highest BCUT2D eigenvalue weighted by Gasteiger charge is 2.29. The number of hydrogen-bond donors (Lipinski definition) is 1. The van der Waals surface area contributed by atoms with E-state index in [1.807, 2.05) is 0 Å². The Kier molecular flexibility index (Phi) is 6.65. The van der Waals surface area contributed by atoms with Crippen molar-refractivity contribution < 1.29 is 0 Å². The summed E-state index contributed by atoms with van der Waals surface area (Å²) in [6.07, 6.45) is 5.35. The van der Waals surface area contributed by atoms with Crippen LogP contribution in [0.25, 0.3) is 0 Å². The highest BCUT2D eigenvalue weighted by Crippen LogP contribution is 2.21. The van der Waals surface area contributed by atoms with Gasteiger partial charge in [0.2, 0.25) is 0 Å². The molecule has 0 aromatic carbocycles. The molecular weight excluding hydrogens is 220 g/mol. The maximum absolute atomic E-state index is 3.87. The Bertz CT molecular complexity index is 227. The molecule has 0 radical (unpaired) electrons. The van der Waals surface area contributed by atoms with Crippen LogP contribution in [0.3, 0.4) is 0 Å². The minimum Gasteiger partial charge on any atom is -0.311 e. The standard InChI is InChI=1S/C16H34N2/c1-12(2)8-7-9-14(4)17-16-10-15(5)18(6)11-13(16)3/h12-17H,7-11H2,1-6H3. The quantitative estimate of drug-likeness (QED) is 0.780. The molecule has 0 spiro atoms. The average Bonchev–Trinajstić information content (AvgIpc) is 2.25. The summed E-state index contributed by atoms with van der Waals surface area (Å²) in [6, 6.07) is 2.11. The molecule has 0 aliphatic carbocycles. The highest BCUT2D eigenvalue weighted by molar-refractivity contribution is 4.87. The van der Waals surface area contributed by atoms with Gasteiger partial charge in [0.1, 0.15) is 0 Å². The van der Waals surface area contributed by atoms with E-state index in [1.54, 1.807) is 0 Å².